The number of aromatic nitrogens is 2. The van der Waals surface area contributed by atoms with Crippen LogP contribution >= 0.6 is 0 Å². The zero-order chi connectivity index (χ0) is 14.0. The van der Waals surface area contributed by atoms with E-state index in [-0.39, 0.29) is 11.4 Å². The molecular weight excluding hydrogens is 242 g/mol. The van der Waals surface area contributed by atoms with Gasteiger partial charge in [0.1, 0.15) is 5.69 Å². The number of hydrogen-bond donors (Lipinski definition) is 1. The summed E-state index contributed by atoms with van der Waals surface area (Å²) in [5, 5.41) is 4.16. The van der Waals surface area contributed by atoms with Crippen LogP contribution in [0.15, 0.2) is 12.3 Å². The van der Waals surface area contributed by atoms with Crippen molar-refractivity contribution < 1.29 is 4.79 Å². The summed E-state index contributed by atoms with van der Waals surface area (Å²) in [4.78, 5) is 16.5. The summed E-state index contributed by atoms with van der Waals surface area (Å²) in [7, 11) is 1.82. The average molecular weight is 265 g/mol. The summed E-state index contributed by atoms with van der Waals surface area (Å²) in [5.41, 5.74) is 6.31. The summed E-state index contributed by atoms with van der Waals surface area (Å²) in [6.45, 7) is 8.11. The predicted octanol–water partition coefficient (Wildman–Crippen LogP) is -0.0848. The van der Waals surface area contributed by atoms with Crippen LogP contribution in [-0.2, 0) is 7.05 Å². The number of nitrogens with zero attached hydrogens (tertiary/aromatic N) is 4. The van der Waals surface area contributed by atoms with Crippen molar-refractivity contribution in [2.75, 3.05) is 32.7 Å². The topological polar surface area (TPSA) is 67.4 Å². The monoisotopic (exact) mass is 265 g/mol. The molecule has 0 saturated carbocycles. The normalized spacial score (nSPS) is 17.8. The van der Waals surface area contributed by atoms with Crippen LogP contribution in [-0.4, -0.2) is 63.8 Å². The Labute approximate surface area is 114 Å². The van der Waals surface area contributed by atoms with Gasteiger partial charge in [-0.3, -0.25) is 14.4 Å². The van der Waals surface area contributed by atoms with Crippen LogP contribution in [0, 0.1) is 0 Å². The minimum absolute atomic E-state index is 0.000133. The van der Waals surface area contributed by atoms with Gasteiger partial charge in [0.25, 0.3) is 5.91 Å². The summed E-state index contributed by atoms with van der Waals surface area (Å²) in [6.07, 6.45) is 1.79. The Bertz CT molecular complexity index is 446. The van der Waals surface area contributed by atoms with E-state index in [0.29, 0.717) is 12.2 Å². The zero-order valence-electron chi connectivity index (χ0n) is 12.0. The van der Waals surface area contributed by atoms with Gasteiger partial charge in [-0.25, -0.2) is 0 Å². The molecule has 1 amide bonds. The Morgan fingerprint density at radius 1 is 1.37 bits per heavy atom. The first kappa shape index (κ1) is 14.0. The van der Waals surface area contributed by atoms with Crippen molar-refractivity contribution in [1.82, 2.24) is 19.6 Å². The highest BCUT2D eigenvalue weighted by Gasteiger charge is 2.30. The van der Waals surface area contributed by atoms with Crippen molar-refractivity contribution in [2.24, 2.45) is 12.8 Å². The highest BCUT2D eigenvalue weighted by molar-refractivity contribution is 5.92. The summed E-state index contributed by atoms with van der Waals surface area (Å²) < 4.78 is 1.65. The van der Waals surface area contributed by atoms with Gasteiger partial charge in [0.05, 0.1) is 0 Å². The highest BCUT2D eigenvalue weighted by Crippen LogP contribution is 2.16. The molecule has 1 aromatic rings. The number of piperazine rings is 1. The molecule has 0 bridgehead atoms. The molecule has 1 aromatic heterocycles. The quantitative estimate of drug-likeness (QED) is 0.830. The Hall–Kier alpha value is -1.40. The lowest BCUT2D eigenvalue weighted by Gasteiger charge is -2.43. The van der Waals surface area contributed by atoms with E-state index < -0.39 is 0 Å². The fourth-order valence-electron chi connectivity index (χ4n) is 2.34. The number of aryl methyl sites for hydroxylation is 1. The van der Waals surface area contributed by atoms with Crippen molar-refractivity contribution in [1.29, 1.82) is 0 Å². The van der Waals surface area contributed by atoms with Crippen LogP contribution in [0.3, 0.4) is 0 Å². The smallest absolute Gasteiger partial charge is 0.274 e. The minimum Gasteiger partial charge on any atom is -0.335 e. The second-order valence-corrected chi connectivity index (χ2v) is 5.67. The van der Waals surface area contributed by atoms with E-state index in [1.807, 2.05) is 11.9 Å². The fourth-order valence-corrected chi connectivity index (χ4v) is 2.34. The van der Waals surface area contributed by atoms with Gasteiger partial charge in [-0.05, 0) is 19.9 Å². The van der Waals surface area contributed by atoms with Gasteiger partial charge >= 0.3 is 0 Å². The van der Waals surface area contributed by atoms with Gasteiger partial charge in [-0.2, -0.15) is 5.10 Å². The molecule has 19 heavy (non-hydrogen) atoms. The van der Waals surface area contributed by atoms with E-state index in [0.717, 1.165) is 26.2 Å². The molecule has 0 unspecified atom stereocenters. The molecule has 1 saturated heterocycles. The third-order valence-corrected chi connectivity index (χ3v) is 3.86. The molecule has 106 valence electrons. The predicted molar refractivity (Wildman–Crippen MR) is 73.8 cm³/mol. The maximum absolute atomic E-state index is 12.2. The van der Waals surface area contributed by atoms with Crippen molar-refractivity contribution >= 4 is 5.91 Å². The number of amides is 1. The van der Waals surface area contributed by atoms with Crippen LogP contribution in [0.4, 0.5) is 0 Å². The first-order chi connectivity index (χ1) is 8.94. The summed E-state index contributed by atoms with van der Waals surface area (Å²) in [6, 6.07) is 1.76. The molecule has 1 aliphatic heterocycles. The molecule has 0 aromatic carbocycles. The average Bonchev–Trinajstić information content (AvgIpc) is 2.85. The van der Waals surface area contributed by atoms with E-state index >= 15 is 0 Å². The molecule has 1 fully saturated rings. The second kappa shape index (κ2) is 5.30. The third kappa shape index (κ3) is 2.96. The lowest BCUT2D eigenvalue weighted by Crippen LogP contribution is -2.58. The first-order valence-corrected chi connectivity index (χ1v) is 6.68. The second-order valence-electron chi connectivity index (χ2n) is 5.67. The van der Waals surface area contributed by atoms with Crippen molar-refractivity contribution in [3.8, 4) is 0 Å². The number of carbonyl (C=O) groups is 1. The number of carbonyl (C=O) groups excluding carboxylic acids is 1. The number of rotatable bonds is 3. The molecular formula is C13H23N5O. The summed E-state index contributed by atoms with van der Waals surface area (Å²) >= 11 is 0. The van der Waals surface area contributed by atoms with Crippen molar-refractivity contribution in [3.63, 3.8) is 0 Å². The maximum atomic E-state index is 12.2. The molecule has 2 rings (SSSR count). The van der Waals surface area contributed by atoms with Crippen LogP contribution in [0.2, 0.25) is 0 Å². The standard InChI is InChI=1S/C13H23N5O/c1-13(2,10-14)18-8-6-17(7-9-18)12(19)11-4-5-16(3)15-11/h4-5H,6-10,14H2,1-3H3. The van der Waals surface area contributed by atoms with Crippen LogP contribution in [0.5, 0.6) is 0 Å². The molecule has 0 radical (unpaired) electrons. The Morgan fingerprint density at radius 3 is 2.47 bits per heavy atom. The van der Waals surface area contributed by atoms with Crippen LogP contribution < -0.4 is 5.73 Å². The van der Waals surface area contributed by atoms with Gasteiger partial charge in [-0.1, -0.05) is 0 Å². The van der Waals surface area contributed by atoms with E-state index in [2.05, 4.69) is 23.8 Å². The Balaban J connectivity index is 1.95. The van der Waals surface area contributed by atoms with E-state index in [1.165, 1.54) is 0 Å². The Kier molecular flexibility index (Phi) is 3.91. The molecule has 0 atom stereocenters. The molecule has 2 N–H and O–H groups in total. The van der Waals surface area contributed by atoms with Gasteiger partial charge in [-0.15, -0.1) is 0 Å². The molecule has 6 heteroatoms. The lowest BCUT2D eigenvalue weighted by atomic mass is 10.0. The van der Waals surface area contributed by atoms with E-state index in [1.54, 1.807) is 16.9 Å². The van der Waals surface area contributed by atoms with Gasteiger partial charge in [0.2, 0.25) is 0 Å². The third-order valence-electron chi connectivity index (χ3n) is 3.86. The summed E-state index contributed by atoms with van der Waals surface area (Å²) in [5.74, 6) is 0.0193. The Morgan fingerprint density at radius 2 is 2.00 bits per heavy atom. The molecule has 2 heterocycles. The van der Waals surface area contributed by atoms with Gasteiger partial charge in [0.15, 0.2) is 0 Å². The highest BCUT2D eigenvalue weighted by atomic mass is 16.2. The van der Waals surface area contributed by atoms with E-state index in [4.69, 9.17) is 5.73 Å². The van der Waals surface area contributed by atoms with Crippen LogP contribution in [0.25, 0.3) is 0 Å². The number of nitrogens with two attached hydrogens (primary N) is 1. The van der Waals surface area contributed by atoms with Gasteiger partial charge < -0.3 is 10.6 Å². The molecule has 6 nitrogen and oxygen atoms in total. The zero-order valence-corrected chi connectivity index (χ0v) is 12.0. The molecule has 1 aliphatic rings. The van der Waals surface area contributed by atoms with Crippen molar-refractivity contribution in [3.05, 3.63) is 18.0 Å². The van der Waals surface area contributed by atoms with Crippen molar-refractivity contribution in [2.45, 2.75) is 19.4 Å². The fraction of sp³-hybridized carbons (Fsp3) is 0.692. The SMILES string of the molecule is Cn1ccc(C(=O)N2CCN(C(C)(C)CN)CC2)n1. The molecule has 0 aliphatic carbocycles. The molecule has 0 spiro atoms. The van der Waals surface area contributed by atoms with Gasteiger partial charge in [0, 0.05) is 51.5 Å². The lowest BCUT2D eigenvalue weighted by molar-refractivity contribution is 0.0421. The first-order valence-electron chi connectivity index (χ1n) is 6.68. The van der Waals surface area contributed by atoms with E-state index in [9.17, 15) is 4.79 Å². The number of hydrogen-bond acceptors (Lipinski definition) is 4. The van der Waals surface area contributed by atoms with Crippen LogP contribution in [0.1, 0.15) is 24.3 Å². The maximum Gasteiger partial charge on any atom is 0.274 e. The largest absolute Gasteiger partial charge is 0.335 e. The minimum atomic E-state index is 0.000133.